The van der Waals surface area contributed by atoms with E-state index in [1.807, 2.05) is 0 Å². The molecule has 0 aromatic rings. The standard InChI is InChI=1S/C13H21NO2/c1-9(2)10-8-15-12(14-10)11-13(16-11)6-4-3-5-7-13/h9-11H,3-8H2,1-2H3/t10-,11-/m1/s1. The lowest BCUT2D eigenvalue weighted by atomic mass is 9.86. The number of rotatable bonds is 2. The summed E-state index contributed by atoms with van der Waals surface area (Å²) in [6, 6.07) is 0.347. The number of hydrogen-bond acceptors (Lipinski definition) is 3. The SMILES string of the molecule is CC(C)[C@H]1COC([C@H]2OC23CCCCC3)=N1. The maximum Gasteiger partial charge on any atom is 0.216 e. The predicted molar refractivity (Wildman–Crippen MR) is 62.7 cm³/mol. The van der Waals surface area contributed by atoms with Crippen LogP contribution < -0.4 is 0 Å². The van der Waals surface area contributed by atoms with Gasteiger partial charge in [0.1, 0.15) is 12.2 Å². The Bertz CT molecular complexity index is 305. The van der Waals surface area contributed by atoms with Gasteiger partial charge in [0.25, 0.3) is 0 Å². The molecule has 2 fully saturated rings. The first-order valence-corrected chi connectivity index (χ1v) is 6.60. The fourth-order valence-electron chi connectivity index (χ4n) is 2.90. The van der Waals surface area contributed by atoms with E-state index in [-0.39, 0.29) is 11.7 Å². The number of epoxide rings is 1. The topological polar surface area (TPSA) is 34.1 Å². The highest BCUT2D eigenvalue weighted by atomic mass is 16.6. The van der Waals surface area contributed by atoms with Crippen molar-refractivity contribution < 1.29 is 9.47 Å². The molecule has 0 amide bonds. The van der Waals surface area contributed by atoms with Crippen molar-refractivity contribution in [1.82, 2.24) is 0 Å². The van der Waals surface area contributed by atoms with Crippen molar-refractivity contribution in [2.75, 3.05) is 6.61 Å². The van der Waals surface area contributed by atoms with E-state index in [9.17, 15) is 0 Å². The molecular weight excluding hydrogens is 202 g/mol. The molecule has 0 radical (unpaired) electrons. The van der Waals surface area contributed by atoms with Gasteiger partial charge in [-0.2, -0.15) is 0 Å². The van der Waals surface area contributed by atoms with E-state index >= 15 is 0 Å². The molecule has 0 bridgehead atoms. The van der Waals surface area contributed by atoms with Gasteiger partial charge in [-0.3, -0.25) is 0 Å². The van der Waals surface area contributed by atoms with Gasteiger partial charge in [0.2, 0.25) is 5.90 Å². The van der Waals surface area contributed by atoms with Crippen LogP contribution in [0.25, 0.3) is 0 Å². The molecule has 16 heavy (non-hydrogen) atoms. The molecule has 1 saturated carbocycles. The molecule has 3 rings (SSSR count). The van der Waals surface area contributed by atoms with Gasteiger partial charge in [-0.15, -0.1) is 0 Å². The van der Waals surface area contributed by atoms with Crippen LogP contribution in [0.5, 0.6) is 0 Å². The second kappa shape index (κ2) is 3.73. The van der Waals surface area contributed by atoms with Gasteiger partial charge < -0.3 is 9.47 Å². The molecule has 2 aliphatic heterocycles. The predicted octanol–water partition coefficient (Wildman–Crippen LogP) is 2.54. The Kier molecular flexibility index (Phi) is 2.46. The van der Waals surface area contributed by atoms with E-state index in [1.165, 1.54) is 32.1 Å². The minimum absolute atomic E-state index is 0.128. The van der Waals surface area contributed by atoms with E-state index in [0.717, 1.165) is 12.5 Å². The van der Waals surface area contributed by atoms with Gasteiger partial charge in [-0.1, -0.05) is 33.1 Å². The lowest BCUT2D eigenvalue weighted by Gasteiger charge is -2.17. The first-order chi connectivity index (χ1) is 7.71. The van der Waals surface area contributed by atoms with E-state index in [0.29, 0.717) is 12.0 Å². The summed E-state index contributed by atoms with van der Waals surface area (Å²) in [6.45, 7) is 5.15. The first kappa shape index (κ1) is 10.6. The minimum atomic E-state index is 0.128. The van der Waals surface area contributed by atoms with Crippen LogP contribution >= 0.6 is 0 Å². The van der Waals surface area contributed by atoms with Gasteiger partial charge in [-0.25, -0.2) is 4.99 Å². The lowest BCUT2D eigenvalue weighted by Crippen LogP contribution is -2.23. The van der Waals surface area contributed by atoms with Crippen LogP contribution in [0.4, 0.5) is 0 Å². The molecular formula is C13H21NO2. The largest absolute Gasteiger partial charge is 0.477 e. The van der Waals surface area contributed by atoms with Crippen molar-refractivity contribution in [2.24, 2.45) is 10.9 Å². The van der Waals surface area contributed by atoms with Crippen LogP contribution in [0.1, 0.15) is 46.0 Å². The normalized spacial score (nSPS) is 36.3. The zero-order valence-electron chi connectivity index (χ0n) is 10.2. The smallest absolute Gasteiger partial charge is 0.216 e. The number of aliphatic imine (C=N–C) groups is 1. The molecule has 2 heterocycles. The van der Waals surface area contributed by atoms with Gasteiger partial charge in [0, 0.05) is 0 Å². The van der Waals surface area contributed by atoms with Gasteiger partial charge >= 0.3 is 0 Å². The lowest BCUT2D eigenvalue weighted by molar-refractivity contribution is 0.233. The quantitative estimate of drug-likeness (QED) is 0.674. The molecule has 1 aliphatic carbocycles. The van der Waals surface area contributed by atoms with Crippen LogP contribution in [-0.2, 0) is 9.47 Å². The fourth-order valence-corrected chi connectivity index (χ4v) is 2.90. The molecule has 0 aromatic carbocycles. The van der Waals surface area contributed by atoms with E-state index in [1.54, 1.807) is 0 Å². The van der Waals surface area contributed by atoms with Crippen LogP contribution in [0, 0.1) is 5.92 Å². The van der Waals surface area contributed by atoms with Crippen molar-refractivity contribution in [3.05, 3.63) is 0 Å². The van der Waals surface area contributed by atoms with Crippen molar-refractivity contribution >= 4 is 5.90 Å². The van der Waals surface area contributed by atoms with Gasteiger partial charge in [-0.05, 0) is 18.8 Å². The van der Waals surface area contributed by atoms with Crippen molar-refractivity contribution in [1.29, 1.82) is 0 Å². The molecule has 3 aliphatic rings. The zero-order valence-corrected chi connectivity index (χ0v) is 10.2. The van der Waals surface area contributed by atoms with Crippen molar-refractivity contribution in [3.8, 4) is 0 Å². The minimum Gasteiger partial charge on any atom is -0.477 e. The van der Waals surface area contributed by atoms with Crippen molar-refractivity contribution in [2.45, 2.75) is 63.7 Å². The summed E-state index contributed by atoms with van der Waals surface area (Å²) in [5.41, 5.74) is 0.128. The van der Waals surface area contributed by atoms with Crippen LogP contribution in [0.2, 0.25) is 0 Å². The van der Waals surface area contributed by atoms with E-state index < -0.39 is 0 Å². The van der Waals surface area contributed by atoms with Crippen LogP contribution in [0.3, 0.4) is 0 Å². The fraction of sp³-hybridized carbons (Fsp3) is 0.923. The molecule has 1 saturated heterocycles. The third-order valence-electron chi connectivity index (χ3n) is 4.16. The molecule has 2 atom stereocenters. The second-order valence-corrected chi connectivity index (χ2v) is 5.71. The highest BCUT2D eigenvalue weighted by Gasteiger charge is 2.60. The zero-order chi connectivity index (χ0) is 11.2. The molecule has 1 spiro atoms. The molecule has 0 N–H and O–H groups in total. The summed E-state index contributed by atoms with van der Waals surface area (Å²) in [5.74, 6) is 1.46. The maximum atomic E-state index is 5.90. The number of nitrogens with zero attached hydrogens (tertiary/aromatic N) is 1. The molecule has 0 unspecified atom stereocenters. The van der Waals surface area contributed by atoms with Crippen LogP contribution in [0.15, 0.2) is 4.99 Å². The Hall–Kier alpha value is -0.570. The molecule has 90 valence electrons. The Labute approximate surface area is 97.2 Å². The van der Waals surface area contributed by atoms with Gasteiger partial charge in [0.05, 0.1) is 6.04 Å². The summed E-state index contributed by atoms with van der Waals surface area (Å²) < 4.78 is 11.6. The Morgan fingerprint density at radius 1 is 1.25 bits per heavy atom. The Balaban J connectivity index is 1.66. The van der Waals surface area contributed by atoms with E-state index in [4.69, 9.17) is 9.47 Å². The summed E-state index contributed by atoms with van der Waals surface area (Å²) >= 11 is 0. The molecule has 3 nitrogen and oxygen atoms in total. The average molecular weight is 223 g/mol. The van der Waals surface area contributed by atoms with Crippen LogP contribution in [-0.4, -0.2) is 30.3 Å². The highest BCUT2D eigenvalue weighted by molar-refractivity contribution is 5.86. The maximum absolute atomic E-state index is 5.90. The monoisotopic (exact) mass is 223 g/mol. The summed E-state index contributed by atoms with van der Waals surface area (Å²) in [5, 5.41) is 0. The Morgan fingerprint density at radius 3 is 2.62 bits per heavy atom. The third kappa shape index (κ3) is 1.65. The summed E-state index contributed by atoms with van der Waals surface area (Å²) in [6.07, 6.45) is 6.56. The van der Waals surface area contributed by atoms with Crippen molar-refractivity contribution in [3.63, 3.8) is 0 Å². The molecule has 3 heteroatoms. The number of ether oxygens (including phenoxy) is 2. The second-order valence-electron chi connectivity index (χ2n) is 5.71. The first-order valence-electron chi connectivity index (χ1n) is 6.60. The van der Waals surface area contributed by atoms with Gasteiger partial charge in [0.15, 0.2) is 6.10 Å². The number of hydrogen-bond donors (Lipinski definition) is 0. The van der Waals surface area contributed by atoms with E-state index in [2.05, 4.69) is 18.8 Å². The highest BCUT2D eigenvalue weighted by Crippen LogP contribution is 2.49. The average Bonchev–Trinajstić information content (AvgIpc) is 2.79. The molecule has 0 aromatic heterocycles. The summed E-state index contributed by atoms with van der Waals surface area (Å²) in [7, 11) is 0. The Morgan fingerprint density at radius 2 is 2.00 bits per heavy atom. The summed E-state index contributed by atoms with van der Waals surface area (Å²) in [4.78, 5) is 4.67. The third-order valence-corrected chi connectivity index (χ3v) is 4.16.